The largest absolute Gasteiger partial charge is 0.459 e. The molecular formula is C17H17N5O3. The van der Waals surface area contributed by atoms with Crippen molar-refractivity contribution in [3.05, 3.63) is 41.7 Å². The highest BCUT2D eigenvalue weighted by Crippen LogP contribution is 2.39. The van der Waals surface area contributed by atoms with Crippen LogP contribution in [0.2, 0.25) is 0 Å². The van der Waals surface area contributed by atoms with Gasteiger partial charge >= 0.3 is 0 Å². The first-order valence-corrected chi connectivity index (χ1v) is 8.50. The smallest absolute Gasteiger partial charge is 0.293 e. The van der Waals surface area contributed by atoms with Crippen LogP contribution in [0.15, 0.2) is 33.4 Å². The third kappa shape index (κ3) is 2.63. The molecule has 2 fully saturated rings. The van der Waals surface area contributed by atoms with Gasteiger partial charge in [-0.3, -0.25) is 9.89 Å². The Kier molecular flexibility index (Phi) is 3.22. The van der Waals surface area contributed by atoms with Gasteiger partial charge in [0.25, 0.3) is 11.8 Å². The molecule has 3 aromatic rings. The molecule has 8 nitrogen and oxygen atoms in total. The first-order valence-electron chi connectivity index (χ1n) is 8.50. The maximum Gasteiger partial charge on any atom is 0.293 e. The predicted octanol–water partition coefficient (Wildman–Crippen LogP) is 2.56. The molecule has 1 unspecified atom stereocenters. The summed E-state index contributed by atoms with van der Waals surface area (Å²) in [7, 11) is 0. The van der Waals surface area contributed by atoms with Crippen LogP contribution >= 0.6 is 0 Å². The summed E-state index contributed by atoms with van der Waals surface area (Å²) in [5.41, 5.74) is 1.56. The van der Waals surface area contributed by atoms with Gasteiger partial charge in [0.15, 0.2) is 11.6 Å². The van der Waals surface area contributed by atoms with E-state index in [2.05, 4.69) is 20.3 Å². The fourth-order valence-corrected chi connectivity index (χ4v) is 3.27. The zero-order valence-electron chi connectivity index (χ0n) is 13.5. The van der Waals surface area contributed by atoms with E-state index < -0.39 is 0 Å². The molecule has 1 atom stereocenters. The lowest BCUT2D eigenvalue weighted by atomic mass is 10.1. The number of nitrogens with zero attached hydrogens (tertiary/aromatic N) is 4. The number of hydrogen-bond acceptors (Lipinski definition) is 6. The van der Waals surface area contributed by atoms with Gasteiger partial charge in [-0.25, -0.2) is 0 Å². The van der Waals surface area contributed by atoms with Gasteiger partial charge in [0.05, 0.1) is 6.26 Å². The normalized spacial score (nSPS) is 20.3. The minimum atomic E-state index is -0.0413. The molecule has 8 heteroatoms. The van der Waals surface area contributed by atoms with Crippen LogP contribution in [0.3, 0.4) is 0 Å². The Morgan fingerprint density at radius 3 is 3.00 bits per heavy atom. The molecule has 0 bridgehead atoms. The molecule has 5 rings (SSSR count). The van der Waals surface area contributed by atoms with Crippen molar-refractivity contribution in [1.82, 2.24) is 25.2 Å². The zero-order chi connectivity index (χ0) is 16.8. The number of aromatic amines is 1. The van der Waals surface area contributed by atoms with Crippen LogP contribution in [0.4, 0.5) is 0 Å². The molecule has 0 aromatic carbocycles. The van der Waals surface area contributed by atoms with Crippen LogP contribution in [-0.2, 0) is 0 Å². The molecule has 1 aliphatic carbocycles. The van der Waals surface area contributed by atoms with Gasteiger partial charge in [-0.2, -0.15) is 10.1 Å². The minimum Gasteiger partial charge on any atom is -0.459 e. The number of hydrogen-bond donors (Lipinski definition) is 1. The van der Waals surface area contributed by atoms with E-state index in [4.69, 9.17) is 8.94 Å². The third-order valence-corrected chi connectivity index (χ3v) is 4.85. The second-order valence-electron chi connectivity index (χ2n) is 6.65. The number of nitrogens with one attached hydrogen (secondary N) is 1. The van der Waals surface area contributed by atoms with Gasteiger partial charge in [-0.15, -0.1) is 0 Å². The van der Waals surface area contributed by atoms with Crippen molar-refractivity contribution in [1.29, 1.82) is 0 Å². The Morgan fingerprint density at radius 2 is 2.20 bits per heavy atom. The van der Waals surface area contributed by atoms with Gasteiger partial charge < -0.3 is 13.8 Å². The average Bonchev–Trinajstić information content (AvgIpc) is 3.16. The summed E-state index contributed by atoms with van der Waals surface area (Å²) in [6.45, 7) is 1.24. The van der Waals surface area contributed by atoms with E-state index in [9.17, 15) is 4.79 Å². The van der Waals surface area contributed by atoms with E-state index in [0.717, 1.165) is 12.1 Å². The highest BCUT2D eigenvalue weighted by atomic mass is 16.5. The van der Waals surface area contributed by atoms with Crippen molar-refractivity contribution in [3.8, 4) is 11.7 Å². The Labute approximate surface area is 143 Å². The van der Waals surface area contributed by atoms with Crippen LogP contribution in [0.25, 0.3) is 11.7 Å². The summed E-state index contributed by atoms with van der Waals surface area (Å²) < 4.78 is 10.5. The van der Waals surface area contributed by atoms with Gasteiger partial charge in [0, 0.05) is 30.6 Å². The van der Waals surface area contributed by atoms with E-state index in [-0.39, 0.29) is 11.8 Å². The second kappa shape index (κ2) is 5.58. The van der Waals surface area contributed by atoms with E-state index in [1.54, 1.807) is 23.3 Å². The average molecular weight is 339 g/mol. The van der Waals surface area contributed by atoms with Crippen LogP contribution < -0.4 is 0 Å². The molecule has 0 spiro atoms. The van der Waals surface area contributed by atoms with Gasteiger partial charge in [-0.1, -0.05) is 5.16 Å². The Morgan fingerprint density at radius 1 is 1.28 bits per heavy atom. The van der Waals surface area contributed by atoms with Crippen LogP contribution in [0, 0.1) is 0 Å². The lowest BCUT2D eigenvalue weighted by Crippen LogP contribution is -2.28. The molecule has 4 heterocycles. The summed E-state index contributed by atoms with van der Waals surface area (Å²) in [5.74, 6) is 2.11. The molecule has 25 heavy (non-hydrogen) atoms. The van der Waals surface area contributed by atoms with Crippen molar-refractivity contribution >= 4 is 5.91 Å². The molecule has 1 saturated carbocycles. The zero-order valence-corrected chi connectivity index (χ0v) is 13.5. The molecule has 128 valence electrons. The van der Waals surface area contributed by atoms with Gasteiger partial charge in [0.1, 0.15) is 5.69 Å². The second-order valence-corrected chi connectivity index (χ2v) is 6.65. The summed E-state index contributed by atoms with van der Waals surface area (Å²) in [6.07, 6.45) is 4.73. The van der Waals surface area contributed by atoms with Crippen LogP contribution in [-0.4, -0.2) is 44.2 Å². The first kappa shape index (κ1) is 14.4. The van der Waals surface area contributed by atoms with Gasteiger partial charge in [-0.05, 0) is 37.5 Å². The lowest BCUT2D eigenvalue weighted by Gasteiger charge is -2.13. The van der Waals surface area contributed by atoms with Crippen molar-refractivity contribution in [3.63, 3.8) is 0 Å². The maximum atomic E-state index is 12.6. The molecule has 2 aliphatic rings. The summed E-state index contributed by atoms with van der Waals surface area (Å²) in [5, 5.41) is 11.2. The van der Waals surface area contributed by atoms with E-state index in [0.29, 0.717) is 42.2 Å². The summed E-state index contributed by atoms with van der Waals surface area (Å²) in [4.78, 5) is 18.8. The molecule has 1 N–H and O–H groups in total. The molecule has 1 saturated heterocycles. The Hall–Kier alpha value is -2.90. The summed E-state index contributed by atoms with van der Waals surface area (Å²) >= 11 is 0. The first-order chi connectivity index (χ1) is 12.3. The Bertz CT molecular complexity index is 893. The number of aromatic nitrogens is 4. The molecule has 1 aliphatic heterocycles. The van der Waals surface area contributed by atoms with Crippen molar-refractivity contribution in [2.75, 3.05) is 13.1 Å². The van der Waals surface area contributed by atoms with E-state index in [1.165, 1.54) is 12.8 Å². The minimum absolute atomic E-state index is 0.0413. The van der Waals surface area contributed by atoms with E-state index >= 15 is 0 Å². The third-order valence-electron chi connectivity index (χ3n) is 4.85. The fourth-order valence-electron chi connectivity index (χ4n) is 3.27. The van der Waals surface area contributed by atoms with Crippen LogP contribution in [0.1, 0.15) is 53.1 Å². The highest BCUT2D eigenvalue weighted by Gasteiger charge is 2.33. The number of rotatable bonds is 4. The van der Waals surface area contributed by atoms with Gasteiger partial charge in [0.2, 0.25) is 0 Å². The number of carbonyl (C=O) groups is 1. The molecule has 3 aromatic heterocycles. The molecule has 0 radical (unpaired) electrons. The number of furan rings is 1. The number of amides is 1. The van der Waals surface area contributed by atoms with Crippen molar-refractivity contribution in [2.45, 2.75) is 31.1 Å². The highest BCUT2D eigenvalue weighted by molar-refractivity contribution is 5.92. The lowest BCUT2D eigenvalue weighted by molar-refractivity contribution is 0.0784. The monoisotopic (exact) mass is 339 g/mol. The SMILES string of the molecule is O=C(c1cc(C2CC2)[nH]n1)N1CCC(c2noc(-c3ccco3)n2)C1. The number of H-pyrrole nitrogens is 1. The number of likely N-dealkylation sites (tertiary alicyclic amines) is 1. The molecular weight excluding hydrogens is 322 g/mol. The number of carbonyl (C=O) groups excluding carboxylic acids is 1. The van der Waals surface area contributed by atoms with E-state index in [1.807, 2.05) is 6.07 Å². The topological polar surface area (TPSA) is 101 Å². The summed E-state index contributed by atoms with van der Waals surface area (Å²) in [6, 6.07) is 5.43. The Balaban J connectivity index is 1.28. The van der Waals surface area contributed by atoms with Crippen molar-refractivity contribution in [2.24, 2.45) is 0 Å². The van der Waals surface area contributed by atoms with Crippen molar-refractivity contribution < 1.29 is 13.7 Å². The standard InChI is InChI=1S/C17H17N5O3/c23-17(13-8-12(19-20-13)10-3-4-10)22-6-5-11(9-22)15-18-16(25-21-15)14-2-1-7-24-14/h1-2,7-8,10-11H,3-6,9H2,(H,19,20). The maximum absolute atomic E-state index is 12.6. The molecule has 1 amide bonds. The quantitative estimate of drug-likeness (QED) is 0.784. The van der Waals surface area contributed by atoms with Crippen LogP contribution in [0.5, 0.6) is 0 Å². The predicted molar refractivity (Wildman–Crippen MR) is 85.8 cm³/mol. The fraction of sp³-hybridized carbons (Fsp3) is 0.412.